The monoisotopic (exact) mass is 422 g/mol. The maximum absolute atomic E-state index is 15.0. The number of ether oxygens (including phenoxy) is 1. The van der Waals surface area contributed by atoms with E-state index in [-0.39, 0.29) is 5.82 Å². The minimum absolute atomic E-state index is 0.344. The number of aryl methyl sites for hydroxylation is 3. The minimum atomic E-state index is -0.423. The van der Waals surface area contributed by atoms with Gasteiger partial charge in [-0.2, -0.15) is 0 Å². The van der Waals surface area contributed by atoms with Crippen molar-refractivity contribution in [3.05, 3.63) is 70.1 Å². The summed E-state index contributed by atoms with van der Waals surface area (Å²) in [5, 5.41) is 0. The van der Waals surface area contributed by atoms with Gasteiger partial charge in [-0.3, -0.25) is 0 Å². The number of carbonyl (C=O) groups excluding carboxylic acids is 1. The van der Waals surface area contributed by atoms with Gasteiger partial charge in [0.2, 0.25) is 0 Å². The minimum Gasteiger partial charge on any atom is -0.462 e. The van der Waals surface area contributed by atoms with Crippen LogP contribution < -0.4 is 0 Å². The molecule has 166 valence electrons. The summed E-state index contributed by atoms with van der Waals surface area (Å²) in [6, 6.07) is 7.18. The molecule has 1 saturated carbocycles. The smallest absolute Gasteiger partial charge is 0.338 e. The third kappa shape index (κ3) is 5.64. The van der Waals surface area contributed by atoms with Crippen molar-refractivity contribution in [2.24, 2.45) is 5.92 Å². The van der Waals surface area contributed by atoms with Gasteiger partial charge in [-0.1, -0.05) is 37.6 Å². The first-order chi connectivity index (χ1) is 14.8. The molecule has 1 unspecified atom stereocenters. The molecular weight excluding hydrogens is 387 g/mol. The highest BCUT2D eigenvalue weighted by atomic mass is 19.1. The molecule has 0 bridgehead atoms. The van der Waals surface area contributed by atoms with Gasteiger partial charge in [0.15, 0.2) is 0 Å². The number of unbranched alkanes of at least 4 members (excludes halogenated alkanes) is 1. The molecule has 2 nitrogen and oxygen atoms in total. The second kappa shape index (κ2) is 10.3. The van der Waals surface area contributed by atoms with Crippen LogP contribution in [0, 0.1) is 32.5 Å². The molecule has 0 aromatic heterocycles. The maximum Gasteiger partial charge on any atom is 0.338 e. The SMILES string of the molecule is C=C1CCC(CCCCOC(=O)c2cc(F)c(-c3cc(C)c(C)c(C)c3)cc2CC)C1. The van der Waals surface area contributed by atoms with Crippen molar-refractivity contribution in [2.75, 3.05) is 6.61 Å². The summed E-state index contributed by atoms with van der Waals surface area (Å²) < 4.78 is 20.5. The third-order valence-electron chi connectivity index (χ3n) is 6.76. The lowest BCUT2D eigenvalue weighted by Crippen LogP contribution is -2.10. The van der Waals surface area contributed by atoms with E-state index in [1.54, 1.807) is 0 Å². The van der Waals surface area contributed by atoms with Crippen molar-refractivity contribution < 1.29 is 13.9 Å². The first-order valence-corrected chi connectivity index (χ1v) is 11.5. The number of benzene rings is 2. The van der Waals surface area contributed by atoms with E-state index in [0.717, 1.165) is 60.3 Å². The number of rotatable bonds is 8. The molecule has 0 radical (unpaired) electrons. The van der Waals surface area contributed by atoms with Gasteiger partial charge in [0.1, 0.15) is 5.82 Å². The van der Waals surface area contributed by atoms with Gasteiger partial charge in [0.05, 0.1) is 12.2 Å². The molecule has 3 rings (SSSR count). The Balaban J connectivity index is 1.65. The van der Waals surface area contributed by atoms with E-state index in [9.17, 15) is 4.79 Å². The second-order valence-electron chi connectivity index (χ2n) is 9.07. The molecule has 3 heteroatoms. The van der Waals surface area contributed by atoms with E-state index in [0.29, 0.717) is 24.2 Å². The fraction of sp³-hybridized carbons (Fsp3) is 0.464. The topological polar surface area (TPSA) is 26.3 Å². The number of esters is 1. The Kier molecular flexibility index (Phi) is 7.69. The number of halogens is 1. The Morgan fingerprint density at radius 1 is 1.13 bits per heavy atom. The summed E-state index contributed by atoms with van der Waals surface area (Å²) in [4.78, 5) is 12.6. The highest BCUT2D eigenvalue weighted by Gasteiger charge is 2.19. The van der Waals surface area contributed by atoms with Gasteiger partial charge in [-0.25, -0.2) is 9.18 Å². The second-order valence-corrected chi connectivity index (χ2v) is 9.07. The summed E-state index contributed by atoms with van der Waals surface area (Å²) in [6.07, 6.45) is 7.24. The van der Waals surface area contributed by atoms with E-state index in [4.69, 9.17) is 4.74 Å². The lowest BCUT2D eigenvalue weighted by Gasteiger charge is -2.14. The fourth-order valence-electron chi connectivity index (χ4n) is 4.56. The Labute approximate surface area is 186 Å². The van der Waals surface area contributed by atoms with Gasteiger partial charge in [0, 0.05) is 5.56 Å². The van der Waals surface area contributed by atoms with E-state index in [1.165, 1.54) is 23.6 Å². The molecule has 1 atom stereocenters. The number of allylic oxidation sites excluding steroid dienone is 1. The molecule has 2 aromatic carbocycles. The molecule has 31 heavy (non-hydrogen) atoms. The molecule has 0 N–H and O–H groups in total. The molecule has 2 aromatic rings. The quantitative estimate of drug-likeness (QED) is 0.248. The zero-order valence-electron chi connectivity index (χ0n) is 19.4. The van der Waals surface area contributed by atoms with Crippen LogP contribution in [-0.2, 0) is 11.2 Å². The predicted octanol–water partition coefficient (Wildman–Crippen LogP) is 7.66. The first-order valence-electron chi connectivity index (χ1n) is 11.5. The summed E-state index contributed by atoms with van der Waals surface area (Å²) in [5.74, 6) is -0.0633. The van der Waals surface area contributed by atoms with Gasteiger partial charge in [0.25, 0.3) is 0 Å². The summed E-state index contributed by atoms with van der Waals surface area (Å²) in [6.45, 7) is 12.6. The van der Waals surface area contributed by atoms with Crippen LogP contribution >= 0.6 is 0 Å². The number of carbonyl (C=O) groups is 1. The van der Waals surface area contributed by atoms with Crippen LogP contribution in [0.15, 0.2) is 36.4 Å². The van der Waals surface area contributed by atoms with E-state index >= 15 is 4.39 Å². The van der Waals surface area contributed by atoms with Crippen LogP contribution in [0.2, 0.25) is 0 Å². The normalized spacial score (nSPS) is 16.0. The summed E-state index contributed by atoms with van der Waals surface area (Å²) in [7, 11) is 0. The summed E-state index contributed by atoms with van der Waals surface area (Å²) >= 11 is 0. The lowest BCUT2D eigenvalue weighted by atomic mass is 9.93. The van der Waals surface area contributed by atoms with Crippen LogP contribution in [0.25, 0.3) is 11.1 Å². The largest absolute Gasteiger partial charge is 0.462 e. The van der Waals surface area contributed by atoms with E-state index in [1.807, 2.05) is 39.0 Å². The molecular formula is C28H35FO2. The molecule has 1 aliphatic rings. The average Bonchev–Trinajstić information content (AvgIpc) is 3.16. The van der Waals surface area contributed by atoms with Crippen LogP contribution in [0.5, 0.6) is 0 Å². The van der Waals surface area contributed by atoms with Crippen molar-refractivity contribution in [1.82, 2.24) is 0 Å². The van der Waals surface area contributed by atoms with Gasteiger partial charge in [-0.05, 0) is 105 Å². The highest BCUT2D eigenvalue weighted by molar-refractivity contribution is 5.92. The van der Waals surface area contributed by atoms with Gasteiger partial charge < -0.3 is 4.74 Å². The zero-order valence-corrected chi connectivity index (χ0v) is 19.4. The first kappa shape index (κ1) is 23.2. The Morgan fingerprint density at radius 3 is 2.45 bits per heavy atom. The van der Waals surface area contributed by atoms with Gasteiger partial charge in [-0.15, -0.1) is 0 Å². The molecule has 0 amide bonds. The molecule has 0 heterocycles. The van der Waals surface area contributed by atoms with Crippen molar-refractivity contribution in [1.29, 1.82) is 0 Å². The lowest BCUT2D eigenvalue weighted by molar-refractivity contribution is 0.0495. The van der Waals surface area contributed by atoms with Crippen LogP contribution in [0.1, 0.15) is 78.1 Å². The predicted molar refractivity (Wildman–Crippen MR) is 126 cm³/mol. The molecule has 0 spiro atoms. The van der Waals surface area contributed by atoms with Gasteiger partial charge >= 0.3 is 5.97 Å². The molecule has 0 aliphatic heterocycles. The maximum atomic E-state index is 15.0. The van der Waals surface area contributed by atoms with Crippen molar-refractivity contribution >= 4 is 5.97 Å². The van der Waals surface area contributed by atoms with Crippen LogP contribution in [0.3, 0.4) is 0 Å². The molecule has 1 fully saturated rings. The zero-order chi connectivity index (χ0) is 22.5. The Hall–Kier alpha value is -2.42. The third-order valence-corrected chi connectivity index (χ3v) is 6.76. The highest BCUT2D eigenvalue weighted by Crippen LogP contribution is 2.32. The Morgan fingerprint density at radius 2 is 1.84 bits per heavy atom. The van der Waals surface area contributed by atoms with Crippen molar-refractivity contribution in [2.45, 2.75) is 72.6 Å². The molecule has 0 saturated heterocycles. The molecule has 1 aliphatic carbocycles. The van der Waals surface area contributed by atoms with Crippen molar-refractivity contribution in [3.8, 4) is 11.1 Å². The summed E-state index contributed by atoms with van der Waals surface area (Å²) in [5.41, 5.74) is 7.41. The van der Waals surface area contributed by atoms with Crippen LogP contribution in [0.4, 0.5) is 4.39 Å². The van der Waals surface area contributed by atoms with E-state index in [2.05, 4.69) is 13.5 Å². The standard InChI is InChI=1S/C28H35FO2/c1-6-23-16-25(24-14-19(3)21(5)20(4)15-24)27(29)17-26(23)28(30)31-12-8-7-9-22-11-10-18(2)13-22/h14-17,22H,2,6-13H2,1,3-5H3. The van der Waals surface area contributed by atoms with Crippen LogP contribution in [-0.4, -0.2) is 12.6 Å². The number of hydrogen-bond acceptors (Lipinski definition) is 2. The fourth-order valence-corrected chi connectivity index (χ4v) is 4.56. The average molecular weight is 423 g/mol. The van der Waals surface area contributed by atoms with Crippen molar-refractivity contribution in [3.63, 3.8) is 0 Å². The Bertz CT molecular complexity index is 950. The van der Waals surface area contributed by atoms with E-state index < -0.39 is 5.97 Å². The number of hydrogen-bond donors (Lipinski definition) is 0.